The standard InChI is InChI=1S/C22H18ClN5/c1-2-18-11-21(28-22(27-18)20(23)14-26-28)25-13-15-7-9-16(10-8-15)19-6-4-3-5-17(19)12-24/h3-11,14,25H,2,13H2,1H3. The Morgan fingerprint density at radius 2 is 1.93 bits per heavy atom. The molecule has 2 heterocycles. The maximum absolute atomic E-state index is 9.29. The number of anilines is 1. The number of hydrogen-bond acceptors (Lipinski definition) is 4. The third-order valence-corrected chi connectivity index (χ3v) is 4.90. The molecule has 2 aromatic carbocycles. The predicted molar refractivity (Wildman–Crippen MR) is 111 cm³/mol. The van der Waals surface area contributed by atoms with Crippen molar-refractivity contribution in [3.05, 3.63) is 82.6 Å². The minimum atomic E-state index is 0.541. The highest BCUT2D eigenvalue weighted by atomic mass is 35.5. The van der Waals surface area contributed by atoms with Gasteiger partial charge >= 0.3 is 0 Å². The SMILES string of the molecule is CCc1cc(NCc2ccc(-c3ccccc3C#N)cc2)n2ncc(Cl)c2n1. The fourth-order valence-corrected chi connectivity index (χ4v) is 3.29. The van der Waals surface area contributed by atoms with Crippen molar-refractivity contribution in [2.45, 2.75) is 19.9 Å². The molecule has 0 aliphatic carbocycles. The van der Waals surface area contributed by atoms with Crippen molar-refractivity contribution in [2.24, 2.45) is 0 Å². The van der Waals surface area contributed by atoms with E-state index in [1.54, 1.807) is 10.7 Å². The van der Waals surface area contributed by atoms with Gasteiger partial charge in [-0.25, -0.2) is 4.98 Å². The van der Waals surface area contributed by atoms with E-state index in [0.717, 1.165) is 34.6 Å². The van der Waals surface area contributed by atoms with Gasteiger partial charge in [-0.3, -0.25) is 0 Å². The van der Waals surface area contributed by atoms with E-state index in [-0.39, 0.29) is 0 Å². The third-order valence-electron chi connectivity index (χ3n) is 4.63. The number of nitriles is 1. The number of aromatic nitrogens is 3. The van der Waals surface area contributed by atoms with Crippen LogP contribution in [0.2, 0.25) is 5.02 Å². The fourth-order valence-electron chi connectivity index (χ4n) is 3.12. The number of fused-ring (bicyclic) bond motifs is 1. The van der Waals surface area contributed by atoms with Crippen LogP contribution in [0.1, 0.15) is 23.7 Å². The lowest BCUT2D eigenvalue weighted by atomic mass is 9.99. The molecule has 0 bridgehead atoms. The summed E-state index contributed by atoms with van der Waals surface area (Å²) in [5, 5.41) is 17.6. The van der Waals surface area contributed by atoms with Crippen LogP contribution >= 0.6 is 11.6 Å². The summed E-state index contributed by atoms with van der Waals surface area (Å²) in [5.74, 6) is 0.854. The molecule has 0 aliphatic rings. The van der Waals surface area contributed by atoms with Gasteiger partial charge < -0.3 is 5.32 Å². The van der Waals surface area contributed by atoms with Gasteiger partial charge in [-0.15, -0.1) is 0 Å². The molecule has 28 heavy (non-hydrogen) atoms. The molecule has 0 saturated heterocycles. The van der Waals surface area contributed by atoms with Crippen molar-refractivity contribution < 1.29 is 0 Å². The molecule has 4 aromatic rings. The molecule has 138 valence electrons. The normalized spacial score (nSPS) is 10.8. The topological polar surface area (TPSA) is 66.0 Å². The molecule has 6 heteroatoms. The molecule has 0 radical (unpaired) electrons. The molecule has 0 saturated carbocycles. The Balaban J connectivity index is 1.56. The Kier molecular flexibility index (Phi) is 4.96. The van der Waals surface area contributed by atoms with E-state index < -0.39 is 0 Å². The van der Waals surface area contributed by atoms with Crippen molar-refractivity contribution in [1.82, 2.24) is 14.6 Å². The van der Waals surface area contributed by atoms with Crippen molar-refractivity contribution in [2.75, 3.05) is 5.32 Å². The lowest BCUT2D eigenvalue weighted by Crippen LogP contribution is -2.07. The molecular weight excluding hydrogens is 370 g/mol. The van der Waals surface area contributed by atoms with E-state index >= 15 is 0 Å². The van der Waals surface area contributed by atoms with E-state index in [2.05, 4.69) is 40.5 Å². The van der Waals surface area contributed by atoms with Crippen LogP contribution in [0.4, 0.5) is 5.82 Å². The van der Waals surface area contributed by atoms with Gasteiger partial charge in [0.2, 0.25) is 0 Å². The summed E-state index contributed by atoms with van der Waals surface area (Å²) in [6.07, 6.45) is 2.43. The predicted octanol–water partition coefficient (Wildman–Crippen LogP) is 5.10. The van der Waals surface area contributed by atoms with Gasteiger partial charge in [0, 0.05) is 18.3 Å². The van der Waals surface area contributed by atoms with Crippen molar-refractivity contribution in [3.8, 4) is 17.2 Å². The van der Waals surface area contributed by atoms with Crippen LogP contribution < -0.4 is 5.32 Å². The second-order valence-corrected chi connectivity index (χ2v) is 6.83. The summed E-state index contributed by atoms with van der Waals surface area (Å²) in [5.41, 5.74) is 5.39. The Hall–Kier alpha value is -3.36. The molecule has 4 rings (SSSR count). The maximum atomic E-state index is 9.29. The van der Waals surface area contributed by atoms with Crippen LogP contribution in [-0.2, 0) is 13.0 Å². The van der Waals surface area contributed by atoms with Gasteiger partial charge in [0.15, 0.2) is 5.65 Å². The number of nitrogens with one attached hydrogen (secondary N) is 1. The van der Waals surface area contributed by atoms with Crippen LogP contribution in [0, 0.1) is 11.3 Å². The summed E-state index contributed by atoms with van der Waals surface area (Å²) in [6, 6.07) is 20.1. The highest BCUT2D eigenvalue weighted by Crippen LogP contribution is 2.24. The molecule has 5 nitrogen and oxygen atoms in total. The van der Waals surface area contributed by atoms with E-state index in [4.69, 9.17) is 11.6 Å². The highest BCUT2D eigenvalue weighted by molar-refractivity contribution is 6.33. The Bertz CT molecular complexity index is 1170. The second kappa shape index (κ2) is 7.71. The Morgan fingerprint density at radius 3 is 2.68 bits per heavy atom. The van der Waals surface area contributed by atoms with E-state index in [0.29, 0.717) is 22.8 Å². The molecule has 2 aromatic heterocycles. The van der Waals surface area contributed by atoms with E-state index in [1.807, 2.05) is 42.5 Å². The van der Waals surface area contributed by atoms with Crippen LogP contribution in [0.25, 0.3) is 16.8 Å². The molecule has 0 fully saturated rings. The maximum Gasteiger partial charge on any atom is 0.176 e. The van der Waals surface area contributed by atoms with E-state index in [1.165, 1.54) is 0 Å². The first-order valence-electron chi connectivity index (χ1n) is 9.05. The zero-order valence-electron chi connectivity index (χ0n) is 15.4. The van der Waals surface area contributed by atoms with Crippen LogP contribution in [-0.4, -0.2) is 14.6 Å². The van der Waals surface area contributed by atoms with E-state index in [9.17, 15) is 5.26 Å². The lowest BCUT2D eigenvalue weighted by molar-refractivity contribution is 0.902. The summed E-state index contributed by atoms with van der Waals surface area (Å²) in [7, 11) is 0. The zero-order chi connectivity index (χ0) is 19.5. The average Bonchev–Trinajstić information content (AvgIpc) is 3.13. The van der Waals surface area contributed by atoms with Gasteiger partial charge in [0.1, 0.15) is 10.8 Å². The number of hydrogen-bond donors (Lipinski definition) is 1. The van der Waals surface area contributed by atoms with Crippen molar-refractivity contribution >= 4 is 23.1 Å². The third kappa shape index (κ3) is 3.42. The number of nitrogens with zero attached hydrogens (tertiary/aromatic N) is 4. The van der Waals surface area contributed by atoms with Gasteiger partial charge in [-0.2, -0.15) is 14.9 Å². The number of benzene rings is 2. The van der Waals surface area contributed by atoms with Crippen molar-refractivity contribution in [1.29, 1.82) is 5.26 Å². The molecule has 0 spiro atoms. The van der Waals surface area contributed by atoms with Crippen LogP contribution in [0.3, 0.4) is 0 Å². The molecule has 0 aliphatic heterocycles. The summed E-state index contributed by atoms with van der Waals surface area (Å²) in [6.45, 7) is 2.70. The summed E-state index contributed by atoms with van der Waals surface area (Å²) in [4.78, 5) is 4.53. The molecule has 0 unspecified atom stereocenters. The molecular formula is C22H18ClN5. The Morgan fingerprint density at radius 1 is 1.14 bits per heavy atom. The smallest absolute Gasteiger partial charge is 0.176 e. The van der Waals surface area contributed by atoms with Crippen molar-refractivity contribution in [3.63, 3.8) is 0 Å². The molecule has 1 N–H and O–H groups in total. The fraction of sp³-hybridized carbons (Fsp3) is 0.136. The first-order valence-corrected chi connectivity index (χ1v) is 9.43. The minimum Gasteiger partial charge on any atom is -0.366 e. The first-order chi connectivity index (χ1) is 13.7. The second-order valence-electron chi connectivity index (χ2n) is 6.42. The van der Waals surface area contributed by atoms with Crippen LogP contribution in [0.15, 0.2) is 60.8 Å². The monoisotopic (exact) mass is 387 g/mol. The number of aryl methyl sites for hydroxylation is 1. The molecule has 0 atom stereocenters. The largest absolute Gasteiger partial charge is 0.366 e. The lowest BCUT2D eigenvalue weighted by Gasteiger charge is -2.11. The average molecular weight is 388 g/mol. The Labute approximate surface area is 168 Å². The highest BCUT2D eigenvalue weighted by Gasteiger charge is 2.10. The number of halogens is 1. The summed E-state index contributed by atoms with van der Waals surface area (Å²) >= 11 is 6.19. The molecule has 0 amide bonds. The van der Waals surface area contributed by atoms with Gasteiger partial charge in [0.25, 0.3) is 0 Å². The van der Waals surface area contributed by atoms with Crippen LogP contribution in [0.5, 0.6) is 0 Å². The van der Waals surface area contributed by atoms with Gasteiger partial charge in [-0.1, -0.05) is 61.0 Å². The minimum absolute atomic E-state index is 0.541. The quantitative estimate of drug-likeness (QED) is 0.517. The number of rotatable bonds is 5. The van der Waals surface area contributed by atoms with Gasteiger partial charge in [0.05, 0.1) is 17.8 Å². The van der Waals surface area contributed by atoms with Gasteiger partial charge in [-0.05, 0) is 29.2 Å². The zero-order valence-corrected chi connectivity index (χ0v) is 16.1. The summed E-state index contributed by atoms with van der Waals surface area (Å²) < 4.78 is 1.72. The first kappa shape index (κ1) is 18.0.